The minimum absolute atomic E-state index is 0.651. The molecule has 0 spiro atoms. The zero-order chi connectivity index (χ0) is 16.0. The lowest BCUT2D eigenvalue weighted by molar-refractivity contribution is -0.0779. The summed E-state index contributed by atoms with van der Waals surface area (Å²) in [5.41, 5.74) is 3.44. The Bertz CT molecular complexity index is 668. The van der Waals surface area contributed by atoms with Crippen molar-refractivity contribution in [1.82, 2.24) is 19.9 Å². The summed E-state index contributed by atoms with van der Waals surface area (Å²) in [6.07, 6.45) is 3.19. The Morgan fingerprint density at radius 3 is 2.61 bits per heavy atom. The van der Waals surface area contributed by atoms with E-state index in [1.807, 2.05) is 20.0 Å². The maximum Gasteiger partial charge on any atom is 0.138 e. The van der Waals surface area contributed by atoms with Gasteiger partial charge in [-0.2, -0.15) is 0 Å². The van der Waals surface area contributed by atoms with Gasteiger partial charge in [-0.3, -0.25) is 14.8 Å². The first-order valence-corrected chi connectivity index (χ1v) is 8.89. The third-order valence-electron chi connectivity index (χ3n) is 5.12. The summed E-state index contributed by atoms with van der Waals surface area (Å²) in [5.74, 6) is 0.961. The van der Waals surface area contributed by atoms with Gasteiger partial charge in [0.05, 0.1) is 11.4 Å². The van der Waals surface area contributed by atoms with Crippen molar-refractivity contribution in [2.24, 2.45) is 0 Å². The first kappa shape index (κ1) is 15.3. The Morgan fingerprint density at radius 1 is 1.22 bits per heavy atom. The summed E-state index contributed by atoms with van der Waals surface area (Å²) in [6, 6.07) is 5.47. The van der Waals surface area contributed by atoms with E-state index in [9.17, 15) is 0 Å². The molecule has 2 bridgehead atoms. The smallest absolute Gasteiger partial charge is 0.138 e. The van der Waals surface area contributed by atoms with Gasteiger partial charge in [0.1, 0.15) is 5.76 Å². The number of halogens is 1. The van der Waals surface area contributed by atoms with Crippen molar-refractivity contribution in [3.05, 3.63) is 45.5 Å². The molecule has 0 aliphatic carbocycles. The first-order valence-electron chi connectivity index (χ1n) is 8.10. The molecule has 3 saturated heterocycles. The molecule has 3 aliphatic rings. The third kappa shape index (κ3) is 2.95. The molecular formula is C17H21BrN4O. The van der Waals surface area contributed by atoms with Gasteiger partial charge in [-0.1, -0.05) is 5.16 Å². The molecule has 0 aromatic carbocycles. The summed E-state index contributed by atoms with van der Waals surface area (Å²) >= 11 is 3.44. The summed E-state index contributed by atoms with van der Waals surface area (Å²) < 4.78 is 6.33. The van der Waals surface area contributed by atoms with Gasteiger partial charge in [-0.25, -0.2) is 0 Å². The van der Waals surface area contributed by atoms with Crippen molar-refractivity contribution in [2.75, 3.05) is 13.1 Å². The molecule has 5 nitrogen and oxygen atoms in total. The highest BCUT2D eigenvalue weighted by atomic mass is 79.9. The number of hydrogen-bond acceptors (Lipinski definition) is 5. The molecule has 2 unspecified atom stereocenters. The molecule has 6 heteroatoms. The molecule has 122 valence electrons. The van der Waals surface area contributed by atoms with Crippen molar-refractivity contribution in [1.29, 1.82) is 0 Å². The van der Waals surface area contributed by atoms with E-state index in [0.717, 1.165) is 47.8 Å². The van der Waals surface area contributed by atoms with E-state index in [1.54, 1.807) is 0 Å². The average molecular weight is 377 g/mol. The van der Waals surface area contributed by atoms with E-state index in [0.29, 0.717) is 12.1 Å². The van der Waals surface area contributed by atoms with Crippen LogP contribution >= 0.6 is 15.9 Å². The Kier molecular flexibility index (Phi) is 3.99. The van der Waals surface area contributed by atoms with Gasteiger partial charge < -0.3 is 4.52 Å². The van der Waals surface area contributed by atoms with Gasteiger partial charge in [-0.05, 0) is 48.3 Å². The zero-order valence-electron chi connectivity index (χ0n) is 13.5. The van der Waals surface area contributed by atoms with Crippen molar-refractivity contribution in [2.45, 2.75) is 45.4 Å². The minimum atomic E-state index is 0.651. The third-order valence-corrected chi connectivity index (χ3v) is 5.59. The molecule has 2 aromatic heterocycles. The van der Waals surface area contributed by atoms with Gasteiger partial charge in [0.2, 0.25) is 0 Å². The molecule has 5 heterocycles. The van der Waals surface area contributed by atoms with Crippen LogP contribution in [0.5, 0.6) is 0 Å². The van der Waals surface area contributed by atoms with Gasteiger partial charge in [0.15, 0.2) is 0 Å². The van der Waals surface area contributed by atoms with Crippen LogP contribution in [0.3, 0.4) is 0 Å². The second kappa shape index (κ2) is 6.00. The molecule has 3 fully saturated rings. The monoisotopic (exact) mass is 376 g/mol. The molecule has 2 atom stereocenters. The highest BCUT2D eigenvalue weighted by molar-refractivity contribution is 9.10. The van der Waals surface area contributed by atoms with Gasteiger partial charge in [0.25, 0.3) is 0 Å². The zero-order valence-corrected chi connectivity index (χ0v) is 15.1. The standard InChI is InChI=1S/C17H21BrN4O/c1-11-17(12(2)23-20-11)10-22-15-5-16(22)9-21(8-15)7-14-4-3-13(18)6-19-14/h3-4,6,15-16H,5,7-10H2,1-2H3. The summed E-state index contributed by atoms with van der Waals surface area (Å²) in [6.45, 7) is 8.21. The number of piperidine rings is 1. The van der Waals surface area contributed by atoms with Gasteiger partial charge >= 0.3 is 0 Å². The lowest BCUT2D eigenvalue weighted by atomic mass is 9.86. The van der Waals surface area contributed by atoms with Crippen LogP contribution in [0.25, 0.3) is 0 Å². The van der Waals surface area contributed by atoms with Gasteiger partial charge in [-0.15, -0.1) is 0 Å². The number of aryl methyl sites for hydroxylation is 2. The van der Waals surface area contributed by atoms with Crippen molar-refractivity contribution in [3.8, 4) is 0 Å². The molecule has 3 aliphatic heterocycles. The van der Waals surface area contributed by atoms with Crippen molar-refractivity contribution >= 4 is 15.9 Å². The molecule has 0 amide bonds. The fourth-order valence-electron chi connectivity index (χ4n) is 3.80. The van der Waals surface area contributed by atoms with Gasteiger partial charge in [0, 0.05) is 54.5 Å². The Morgan fingerprint density at radius 2 is 2.00 bits per heavy atom. The normalized spacial score (nSPS) is 24.7. The lowest BCUT2D eigenvalue weighted by Crippen LogP contribution is -2.67. The van der Waals surface area contributed by atoms with Crippen LogP contribution in [0.2, 0.25) is 0 Å². The molecule has 0 saturated carbocycles. The first-order chi connectivity index (χ1) is 11.1. The molecule has 2 aromatic rings. The van der Waals surface area contributed by atoms with Crippen LogP contribution in [-0.2, 0) is 13.1 Å². The van der Waals surface area contributed by atoms with E-state index in [2.05, 4.69) is 48.0 Å². The quantitative estimate of drug-likeness (QED) is 0.820. The number of rotatable bonds is 4. The van der Waals surface area contributed by atoms with E-state index in [4.69, 9.17) is 4.52 Å². The molecule has 0 radical (unpaired) electrons. The minimum Gasteiger partial charge on any atom is -0.361 e. The maximum absolute atomic E-state index is 5.30. The summed E-state index contributed by atoms with van der Waals surface area (Å²) in [4.78, 5) is 9.63. The van der Waals surface area contributed by atoms with Crippen LogP contribution in [0, 0.1) is 13.8 Å². The highest BCUT2D eigenvalue weighted by Gasteiger charge is 2.44. The van der Waals surface area contributed by atoms with Crippen LogP contribution in [0.4, 0.5) is 0 Å². The number of piperazine rings is 1. The SMILES string of the molecule is Cc1noc(C)c1CN1C2CC1CN(Cc1ccc(Br)cn1)C2. The molecule has 23 heavy (non-hydrogen) atoms. The van der Waals surface area contributed by atoms with Crippen molar-refractivity contribution in [3.63, 3.8) is 0 Å². The number of pyridine rings is 1. The summed E-state index contributed by atoms with van der Waals surface area (Å²) in [5, 5.41) is 4.08. The second-order valence-corrected chi connectivity index (χ2v) is 7.60. The predicted molar refractivity (Wildman–Crippen MR) is 90.9 cm³/mol. The fourth-order valence-corrected chi connectivity index (χ4v) is 4.04. The fraction of sp³-hybridized carbons (Fsp3) is 0.529. The number of aromatic nitrogens is 2. The van der Waals surface area contributed by atoms with Crippen molar-refractivity contribution < 1.29 is 4.52 Å². The lowest BCUT2D eigenvalue weighted by Gasteiger charge is -2.56. The Labute approximate surface area is 144 Å². The molecular weight excluding hydrogens is 356 g/mol. The topological polar surface area (TPSA) is 45.4 Å². The van der Waals surface area contributed by atoms with Crippen LogP contribution in [-0.4, -0.2) is 45.1 Å². The number of hydrogen-bond donors (Lipinski definition) is 0. The van der Waals surface area contributed by atoms with Crippen LogP contribution in [0.1, 0.15) is 29.1 Å². The molecule has 0 N–H and O–H groups in total. The number of nitrogens with zero attached hydrogens (tertiary/aromatic N) is 4. The average Bonchev–Trinajstić information content (AvgIpc) is 2.86. The van der Waals surface area contributed by atoms with E-state index in [-0.39, 0.29) is 0 Å². The van der Waals surface area contributed by atoms with Crippen LogP contribution < -0.4 is 0 Å². The predicted octanol–water partition coefficient (Wildman–Crippen LogP) is 2.91. The van der Waals surface area contributed by atoms with E-state index >= 15 is 0 Å². The highest BCUT2D eigenvalue weighted by Crippen LogP contribution is 2.35. The van der Waals surface area contributed by atoms with E-state index < -0.39 is 0 Å². The maximum atomic E-state index is 5.30. The number of fused-ring (bicyclic) bond motifs is 2. The Hall–Kier alpha value is -1.24. The molecule has 5 rings (SSSR count). The largest absolute Gasteiger partial charge is 0.361 e. The Balaban J connectivity index is 1.37. The summed E-state index contributed by atoms with van der Waals surface area (Å²) in [7, 11) is 0. The van der Waals surface area contributed by atoms with E-state index in [1.165, 1.54) is 12.0 Å². The second-order valence-electron chi connectivity index (χ2n) is 6.68. The van der Waals surface area contributed by atoms with Crippen LogP contribution in [0.15, 0.2) is 27.3 Å².